The Hall–Kier alpha value is -2.52. The monoisotopic (exact) mass is 343 g/mol. The number of aromatic nitrogens is 1. The van der Waals surface area contributed by atoms with Crippen molar-refractivity contribution in [3.63, 3.8) is 0 Å². The highest BCUT2D eigenvalue weighted by Gasteiger charge is 2.37. The third-order valence-electron chi connectivity index (χ3n) is 4.78. The van der Waals surface area contributed by atoms with Crippen LogP contribution in [0.2, 0.25) is 0 Å². The number of rotatable bonds is 4. The normalized spacial score (nSPS) is 20.3. The molecule has 1 atom stereocenters. The molecule has 2 aromatic rings. The Morgan fingerprint density at radius 2 is 2.16 bits per heavy atom. The molecule has 25 heavy (non-hydrogen) atoms. The fraction of sp³-hybridized carbons (Fsp3) is 0.368. The molecule has 0 saturated carbocycles. The molecule has 130 valence electrons. The summed E-state index contributed by atoms with van der Waals surface area (Å²) in [5, 5.41) is 19.3. The maximum absolute atomic E-state index is 14.1. The summed E-state index contributed by atoms with van der Waals surface area (Å²) in [6.45, 7) is 1.07. The lowest BCUT2D eigenvalue weighted by atomic mass is 9.75. The Morgan fingerprint density at radius 3 is 2.88 bits per heavy atom. The van der Waals surface area contributed by atoms with Crippen LogP contribution < -0.4 is 4.90 Å². The van der Waals surface area contributed by atoms with Crippen molar-refractivity contribution in [3.05, 3.63) is 59.3 Å². The van der Waals surface area contributed by atoms with Crippen molar-refractivity contribution in [1.82, 2.24) is 4.98 Å². The summed E-state index contributed by atoms with van der Waals surface area (Å²) in [4.78, 5) is 6.28. The number of pyridine rings is 1. The van der Waals surface area contributed by atoms with Crippen LogP contribution >= 0.6 is 0 Å². The number of benzene rings is 1. The number of aliphatic hydroxyl groups is 1. The Labute approximate surface area is 145 Å². The number of anilines is 1. The van der Waals surface area contributed by atoms with Gasteiger partial charge in [0.1, 0.15) is 23.5 Å². The highest BCUT2D eigenvalue weighted by Crippen LogP contribution is 2.36. The van der Waals surface area contributed by atoms with Crippen LogP contribution in [0.3, 0.4) is 0 Å². The number of hydrogen-bond donors (Lipinski definition) is 1. The van der Waals surface area contributed by atoms with Gasteiger partial charge in [-0.15, -0.1) is 0 Å². The third-order valence-corrected chi connectivity index (χ3v) is 4.78. The van der Waals surface area contributed by atoms with Crippen LogP contribution in [0.15, 0.2) is 36.5 Å². The maximum Gasteiger partial charge on any atom is 0.146 e. The fourth-order valence-corrected chi connectivity index (χ4v) is 3.52. The van der Waals surface area contributed by atoms with E-state index >= 15 is 0 Å². The number of nitriles is 1. The highest BCUT2D eigenvalue weighted by atomic mass is 19.1. The standard InChI is InChI=1S/C19H19F2N3O/c20-16-5-4-14(17(21)9-16)10-19(13-25)6-2-8-24(12-19)18-15(11-22)3-1-7-23-18/h1,3-5,7,9,25H,2,6,8,10,12-13H2/t19-/m0/s1. The van der Waals surface area contributed by atoms with Crippen LogP contribution in [-0.2, 0) is 6.42 Å². The SMILES string of the molecule is N#Cc1cccnc1N1CCC[C@](CO)(Cc2ccc(F)cc2F)C1. The van der Waals surface area contributed by atoms with Gasteiger partial charge < -0.3 is 10.0 Å². The molecule has 1 fully saturated rings. The highest BCUT2D eigenvalue weighted by molar-refractivity contribution is 5.54. The van der Waals surface area contributed by atoms with E-state index in [4.69, 9.17) is 0 Å². The second-order valence-electron chi connectivity index (χ2n) is 6.58. The van der Waals surface area contributed by atoms with Gasteiger partial charge in [0.2, 0.25) is 0 Å². The van der Waals surface area contributed by atoms with Gasteiger partial charge in [0, 0.05) is 30.8 Å². The molecule has 0 spiro atoms. The molecule has 1 N–H and O–H groups in total. The number of halogens is 2. The molecule has 1 aliphatic rings. The van der Waals surface area contributed by atoms with Crippen molar-refractivity contribution in [3.8, 4) is 6.07 Å². The van der Waals surface area contributed by atoms with Crippen LogP contribution in [0.5, 0.6) is 0 Å². The summed E-state index contributed by atoms with van der Waals surface area (Å²) in [6.07, 6.45) is 3.46. The Bertz CT molecular complexity index is 805. The average molecular weight is 343 g/mol. The first-order valence-corrected chi connectivity index (χ1v) is 8.22. The summed E-state index contributed by atoms with van der Waals surface area (Å²) >= 11 is 0. The molecule has 1 aliphatic heterocycles. The average Bonchev–Trinajstić information content (AvgIpc) is 2.64. The van der Waals surface area contributed by atoms with Crippen molar-refractivity contribution in [2.45, 2.75) is 19.3 Å². The first kappa shape index (κ1) is 17.3. The van der Waals surface area contributed by atoms with Crippen LogP contribution in [-0.4, -0.2) is 29.8 Å². The van der Waals surface area contributed by atoms with E-state index in [-0.39, 0.29) is 6.61 Å². The van der Waals surface area contributed by atoms with Gasteiger partial charge in [0.25, 0.3) is 0 Å². The number of nitrogens with zero attached hydrogens (tertiary/aromatic N) is 3. The molecule has 2 heterocycles. The summed E-state index contributed by atoms with van der Waals surface area (Å²) < 4.78 is 27.2. The zero-order chi connectivity index (χ0) is 17.9. The van der Waals surface area contributed by atoms with Crippen molar-refractivity contribution in [2.75, 3.05) is 24.6 Å². The Morgan fingerprint density at radius 1 is 1.32 bits per heavy atom. The lowest BCUT2D eigenvalue weighted by Gasteiger charge is -2.42. The van der Waals surface area contributed by atoms with Crippen LogP contribution in [0, 0.1) is 28.4 Å². The van der Waals surface area contributed by atoms with E-state index in [0.29, 0.717) is 29.9 Å². The molecule has 4 nitrogen and oxygen atoms in total. The molecule has 0 amide bonds. The van der Waals surface area contributed by atoms with Gasteiger partial charge in [-0.25, -0.2) is 13.8 Å². The van der Waals surface area contributed by atoms with E-state index in [1.165, 1.54) is 12.1 Å². The van der Waals surface area contributed by atoms with E-state index in [1.54, 1.807) is 18.3 Å². The van der Waals surface area contributed by atoms with Gasteiger partial charge in [-0.3, -0.25) is 0 Å². The zero-order valence-electron chi connectivity index (χ0n) is 13.8. The number of piperidine rings is 1. The lowest BCUT2D eigenvalue weighted by molar-refractivity contribution is 0.104. The molecule has 0 unspecified atom stereocenters. The molecule has 1 saturated heterocycles. The summed E-state index contributed by atoms with van der Waals surface area (Å²) in [5.74, 6) is -0.626. The summed E-state index contributed by atoms with van der Waals surface area (Å²) in [7, 11) is 0. The van der Waals surface area contributed by atoms with Crippen molar-refractivity contribution in [2.24, 2.45) is 5.41 Å². The molecular weight excluding hydrogens is 324 g/mol. The van der Waals surface area contributed by atoms with Crippen LogP contribution in [0.1, 0.15) is 24.0 Å². The fourth-order valence-electron chi connectivity index (χ4n) is 3.52. The van der Waals surface area contributed by atoms with Crippen molar-refractivity contribution >= 4 is 5.82 Å². The predicted octanol–water partition coefficient (Wildman–Crippen LogP) is 3.05. The van der Waals surface area contributed by atoms with Gasteiger partial charge in [-0.2, -0.15) is 5.26 Å². The molecular formula is C19H19F2N3O. The van der Waals surface area contributed by atoms with Crippen LogP contribution in [0.25, 0.3) is 0 Å². The van der Waals surface area contributed by atoms with Gasteiger partial charge >= 0.3 is 0 Å². The number of hydrogen-bond acceptors (Lipinski definition) is 4. The number of aliphatic hydroxyl groups excluding tert-OH is 1. The maximum atomic E-state index is 14.1. The van der Waals surface area contributed by atoms with Gasteiger partial charge in [-0.1, -0.05) is 6.07 Å². The van der Waals surface area contributed by atoms with Gasteiger partial charge in [0.05, 0.1) is 12.2 Å². The minimum Gasteiger partial charge on any atom is -0.396 e. The largest absolute Gasteiger partial charge is 0.396 e. The first-order chi connectivity index (χ1) is 12.1. The molecule has 3 rings (SSSR count). The Kier molecular flexibility index (Phi) is 4.95. The van der Waals surface area contributed by atoms with E-state index in [0.717, 1.165) is 25.5 Å². The molecule has 0 bridgehead atoms. The topological polar surface area (TPSA) is 60.2 Å². The van der Waals surface area contributed by atoms with Gasteiger partial charge in [0.15, 0.2) is 0 Å². The van der Waals surface area contributed by atoms with E-state index < -0.39 is 17.0 Å². The van der Waals surface area contributed by atoms with E-state index in [9.17, 15) is 19.1 Å². The smallest absolute Gasteiger partial charge is 0.146 e. The van der Waals surface area contributed by atoms with Crippen LogP contribution in [0.4, 0.5) is 14.6 Å². The second kappa shape index (κ2) is 7.16. The lowest BCUT2D eigenvalue weighted by Crippen LogP contribution is -2.47. The second-order valence-corrected chi connectivity index (χ2v) is 6.58. The zero-order valence-corrected chi connectivity index (χ0v) is 13.8. The van der Waals surface area contributed by atoms with E-state index in [1.807, 2.05) is 4.90 Å². The first-order valence-electron chi connectivity index (χ1n) is 8.22. The quantitative estimate of drug-likeness (QED) is 0.927. The van der Waals surface area contributed by atoms with Crippen molar-refractivity contribution in [1.29, 1.82) is 5.26 Å². The Balaban J connectivity index is 1.87. The summed E-state index contributed by atoms with van der Waals surface area (Å²) in [5.41, 5.74) is 0.310. The third kappa shape index (κ3) is 3.62. The molecule has 1 aromatic carbocycles. The minimum absolute atomic E-state index is 0.116. The van der Waals surface area contributed by atoms with E-state index in [2.05, 4.69) is 11.1 Å². The molecule has 1 aromatic heterocycles. The molecule has 0 aliphatic carbocycles. The predicted molar refractivity (Wildman–Crippen MR) is 90.0 cm³/mol. The molecule has 0 radical (unpaired) electrons. The summed E-state index contributed by atoms with van der Waals surface area (Å²) in [6, 6.07) is 9.08. The molecule has 6 heteroatoms. The van der Waals surface area contributed by atoms with Crippen molar-refractivity contribution < 1.29 is 13.9 Å². The van der Waals surface area contributed by atoms with Gasteiger partial charge in [-0.05, 0) is 43.0 Å². The minimum atomic E-state index is -0.614.